The van der Waals surface area contributed by atoms with Crippen LogP contribution in [0.4, 0.5) is 0 Å². The Balaban J connectivity index is 1.64. The first kappa shape index (κ1) is 17.8. The van der Waals surface area contributed by atoms with E-state index in [2.05, 4.69) is 0 Å². The van der Waals surface area contributed by atoms with Gasteiger partial charge >= 0.3 is 0 Å². The van der Waals surface area contributed by atoms with Crippen LogP contribution in [0.5, 0.6) is 0 Å². The summed E-state index contributed by atoms with van der Waals surface area (Å²) in [7, 11) is -0.216. The summed E-state index contributed by atoms with van der Waals surface area (Å²) >= 11 is 0. The average molecular weight is 354 g/mol. The third-order valence-electron chi connectivity index (χ3n) is 5.65. The fraction of sp³-hybridized carbons (Fsp3) is 0.647. The monoisotopic (exact) mass is 354 g/mol. The lowest BCUT2D eigenvalue weighted by atomic mass is 9.58. The number of rotatable bonds is 5. The molecular weight excluding hydrogens is 328 g/mol. The molecule has 2 fully saturated rings. The van der Waals surface area contributed by atoms with Crippen LogP contribution in [0.25, 0.3) is 0 Å². The molecule has 1 aliphatic heterocycles. The zero-order valence-corrected chi connectivity index (χ0v) is 15.1. The van der Waals surface area contributed by atoms with Gasteiger partial charge in [-0.15, -0.1) is 0 Å². The van der Waals surface area contributed by atoms with Crippen molar-refractivity contribution in [3.63, 3.8) is 0 Å². The van der Waals surface area contributed by atoms with Crippen LogP contribution in [0.2, 0.25) is 0 Å². The molecule has 134 valence electrons. The van der Waals surface area contributed by atoms with Crippen LogP contribution in [0, 0.1) is 5.41 Å². The van der Waals surface area contributed by atoms with Crippen LogP contribution >= 0.6 is 0 Å². The molecule has 1 N–H and O–H groups in total. The highest BCUT2D eigenvalue weighted by atomic mass is 32.2. The van der Waals surface area contributed by atoms with Gasteiger partial charge in [-0.25, -0.2) is 0 Å². The van der Waals surface area contributed by atoms with Crippen LogP contribution in [-0.2, 0) is 21.5 Å². The van der Waals surface area contributed by atoms with Gasteiger partial charge in [-0.1, -0.05) is 30.3 Å². The first-order chi connectivity index (χ1) is 11.4. The van der Waals surface area contributed by atoms with E-state index >= 15 is 0 Å². The summed E-state index contributed by atoms with van der Waals surface area (Å²) in [5.74, 6) is 0. The summed E-state index contributed by atoms with van der Waals surface area (Å²) in [6.07, 6.45) is 1.60. The second-order valence-corrected chi connectivity index (χ2v) is 8.89. The summed E-state index contributed by atoms with van der Waals surface area (Å²) in [5.41, 5.74) is 0.699. The number of piperidine rings is 1. The number of hydrogen-bond donors (Lipinski definition) is 1. The molecule has 24 heavy (non-hydrogen) atoms. The molecule has 0 amide bonds. The molecule has 0 bridgehead atoms. The van der Waals surface area contributed by atoms with E-state index in [0.29, 0.717) is 38.9 Å². The number of benzene rings is 1. The van der Waals surface area contributed by atoms with E-state index in [1.807, 2.05) is 30.3 Å². The zero-order valence-electron chi connectivity index (χ0n) is 14.3. The minimum Gasteiger partial charge on any atom is -0.392 e. The molecule has 3 rings (SSSR count). The summed E-state index contributed by atoms with van der Waals surface area (Å²) in [6.45, 7) is 1.21. The summed E-state index contributed by atoms with van der Waals surface area (Å²) in [5, 5.41) is 10.2. The first-order valence-electron chi connectivity index (χ1n) is 8.36. The van der Waals surface area contributed by atoms with E-state index in [-0.39, 0.29) is 17.6 Å². The molecule has 1 aromatic carbocycles. The molecule has 7 heteroatoms. The standard InChI is InChI=1S/C17H26N2O4S/c1-18(13-14-6-4-3-5-7-14)24(21,22)19-10-8-17(9-11-19)15(20)12-16(17)23-2/h3-7,15-16,20H,8-13H2,1-2H3/t15-,16+/m1/s1. The highest BCUT2D eigenvalue weighted by Gasteiger charge is 2.56. The van der Waals surface area contributed by atoms with Gasteiger partial charge in [-0.2, -0.15) is 17.0 Å². The first-order valence-corrected chi connectivity index (χ1v) is 9.76. The maximum atomic E-state index is 12.8. The molecule has 0 radical (unpaired) electrons. The number of aliphatic hydroxyl groups excluding tert-OH is 1. The Bertz CT molecular complexity index is 656. The second-order valence-electron chi connectivity index (χ2n) is 6.86. The van der Waals surface area contributed by atoms with Crippen molar-refractivity contribution in [1.29, 1.82) is 0 Å². The maximum Gasteiger partial charge on any atom is 0.282 e. The number of ether oxygens (including phenoxy) is 1. The molecule has 1 spiro atoms. The molecule has 1 saturated heterocycles. The fourth-order valence-corrected chi connectivity index (χ4v) is 5.32. The summed E-state index contributed by atoms with van der Waals surface area (Å²) < 4.78 is 34.0. The topological polar surface area (TPSA) is 70.1 Å². The lowest BCUT2D eigenvalue weighted by molar-refractivity contribution is -0.197. The van der Waals surface area contributed by atoms with E-state index in [1.54, 1.807) is 14.2 Å². The van der Waals surface area contributed by atoms with E-state index < -0.39 is 10.2 Å². The van der Waals surface area contributed by atoms with Crippen LogP contribution in [-0.4, -0.2) is 61.6 Å². The van der Waals surface area contributed by atoms with Crippen LogP contribution < -0.4 is 0 Å². The van der Waals surface area contributed by atoms with Crippen LogP contribution in [0.1, 0.15) is 24.8 Å². The van der Waals surface area contributed by atoms with E-state index in [9.17, 15) is 13.5 Å². The molecule has 0 unspecified atom stereocenters. The van der Waals surface area contributed by atoms with Gasteiger partial charge in [-0.3, -0.25) is 0 Å². The lowest BCUT2D eigenvalue weighted by Gasteiger charge is -2.56. The Kier molecular flexibility index (Phi) is 4.99. The molecule has 1 aliphatic carbocycles. The third-order valence-corrected chi connectivity index (χ3v) is 7.58. The van der Waals surface area contributed by atoms with Crippen molar-refractivity contribution in [1.82, 2.24) is 8.61 Å². The molecule has 6 nitrogen and oxygen atoms in total. The van der Waals surface area contributed by atoms with E-state index in [4.69, 9.17) is 4.74 Å². The smallest absolute Gasteiger partial charge is 0.282 e. The second kappa shape index (κ2) is 6.72. The van der Waals surface area contributed by atoms with Crippen molar-refractivity contribution in [2.75, 3.05) is 27.2 Å². The molecule has 2 aliphatic rings. The van der Waals surface area contributed by atoms with Gasteiger partial charge in [0.05, 0.1) is 12.2 Å². The Morgan fingerprint density at radius 2 is 1.92 bits per heavy atom. The van der Waals surface area contributed by atoms with Crippen LogP contribution in [0.3, 0.4) is 0 Å². The normalized spacial score (nSPS) is 27.3. The number of aliphatic hydroxyl groups is 1. The Morgan fingerprint density at radius 1 is 1.29 bits per heavy atom. The zero-order chi connectivity index (χ0) is 17.4. The van der Waals surface area contributed by atoms with Gasteiger partial charge in [0.2, 0.25) is 0 Å². The average Bonchev–Trinajstić information content (AvgIpc) is 2.60. The van der Waals surface area contributed by atoms with Gasteiger partial charge in [-0.05, 0) is 18.4 Å². The molecule has 1 saturated carbocycles. The van der Waals surface area contributed by atoms with Crippen molar-refractivity contribution >= 4 is 10.2 Å². The Morgan fingerprint density at radius 3 is 2.46 bits per heavy atom. The highest BCUT2D eigenvalue weighted by Crippen LogP contribution is 2.51. The van der Waals surface area contributed by atoms with Crippen molar-refractivity contribution in [2.24, 2.45) is 5.41 Å². The highest BCUT2D eigenvalue weighted by molar-refractivity contribution is 7.86. The molecule has 0 aromatic heterocycles. The van der Waals surface area contributed by atoms with Gasteiger partial charge in [0.25, 0.3) is 10.2 Å². The van der Waals surface area contributed by atoms with E-state index in [1.165, 1.54) is 8.61 Å². The Hall–Kier alpha value is -0.990. The van der Waals surface area contributed by atoms with Crippen molar-refractivity contribution in [3.05, 3.63) is 35.9 Å². The minimum absolute atomic E-state index is 0.0411. The summed E-state index contributed by atoms with van der Waals surface area (Å²) in [4.78, 5) is 0. The Labute approximate surface area is 144 Å². The number of nitrogens with zero attached hydrogens (tertiary/aromatic N) is 2. The third kappa shape index (κ3) is 2.99. The van der Waals surface area contributed by atoms with Gasteiger partial charge in [0.1, 0.15) is 0 Å². The predicted molar refractivity (Wildman–Crippen MR) is 91.5 cm³/mol. The quantitative estimate of drug-likeness (QED) is 0.863. The van der Waals surface area contributed by atoms with E-state index in [0.717, 1.165) is 5.56 Å². The van der Waals surface area contributed by atoms with Crippen molar-refractivity contribution in [2.45, 2.75) is 38.0 Å². The molecular formula is C17H26N2O4S. The number of methoxy groups -OCH3 is 1. The predicted octanol–water partition coefficient (Wildman–Crippen LogP) is 1.22. The SMILES string of the molecule is CO[C@H]1C[C@@H](O)C12CCN(S(=O)(=O)N(C)Cc1ccccc1)CC2. The van der Waals surface area contributed by atoms with Crippen molar-refractivity contribution < 1.29 is 18.3 Å². The number of hydrogen-bond acceptors (Lipinski definition) is 4. The van der Waals surface area contributed by atoms with Crippen molar-refractivity contribution in [3.8, 4) is 0 Å². The maximum absolute atomic E-state index is 12.8. The van der Waals surface area contributed by atoms with Gasteiger partial charge < -0.3 is 9.84 Å². The minimum atomic E-state index is -3.49. The van der Waals surface area contributed by atoms with Gasteiger partial charge in [0, 0.05) is 45.6 Å². The largest absolute Gasteiger partial charge is 0.392 e. The van der Waals surface area contributed by atoms with Crippen LogP contribution in [0.15, 0.2) is 30.3 Å². The summed E-state index contributed by atoms with van der Waals surface area (Å²) in [6, 6.07) is 9.57. The molecule has 2 atom stereocenters. The fourth-order valence-electron chi connectivity index (χ4n) is 3.96. The lowest BCUT2D eigenvalue weighted by Crippen LogP contribution is -2.63. The molecule has 1 aromatic rings. The van der Waals surface area contributed by atoms with Gasteiger partial charge in [0.15, 0.2) is 0 Å². The molecule has 1 heterocycles.